The predicted octanol–water partition coefficient (Wildman–Crippen LogP) is 5.07. The average molecular weight is 401 g/mol. The number of nitrogens with one attached hydrogen (secondary N) is 2. The zero-order valence-electron chi connectivity index (χ0n) is 17.4. The number of benzene rings is 2. The van der Waals surface area contributed by atoms with E-state index in [2.05, 4.69) is 77.1 Å². The van der Waals surface area contributed by atoms with Crippen LogP contribution in [0.1, 0.15) is 29.9 Å². The zero-order chi connectivity index (χ0) is 20.3. The first-order valence-electron chi connectivity index (χ1n) is 10.3. The van der Waals surface area contributed by atoms with Crippen molar-refractivity contribution in [2.45, 2.75) is 38.4 Å². The van der Waals surface area contributed by atoms with Crippen LogP contribution in [0.15, 0.2) is 48.7 Å². The molecule has 1 aromatic heterocycles. The number of anilines is 2. The van der Waals surface area contributed by atoms with Crippen molar-refractivity contribution in [3.8, 4) is 11.5 Å². The van der Waals surface area contributed by atoms with Crippen LogP contribution in [0.3, 0.4) is 0 Å². The Morgan fingerprint density at radius 1 is 1.07 bits per heavy atom. The molecule has 1 fully saturated rings. The smallest absolute Gasteiger partial charge is 0.227 e. The lowest BCUT2D eigenvalue weighted by Gasteiger charge is -2.23. The van der Waals surface area contributed by atoms with Crippen LogP contribution < -0.4 is 10.6 Å². The Morgan fingerprint density at radius 2 is 1.90 bits per heavy atom. The van der Waals surface area contributed by atoms with Crippen molar-refractivity contribution in [3.63, 3.8) is 0 Å². The minimum atomic E-state index is -1.38. The van der Waals surface area contributed by atoms with Crippen LogP contribution in [0.5, 0.6) is 0 Å². The number of aromatic nitrogens is 2. The molecule has 29 heavy (non-hydrogen) atoms. The van der Waals surface area contributed by atoms with E-state index in [1.165, 1.54) is 18.4 Å². The summed E-state index contributed by atoms with van der Waals surface area (Å²) < 4.78 is 0. The molecule has 4 rings (SSSR count). The van der Waals surface area contributed by atoms with Crippen LogP contribution in [-0.2, 0) is 0 Å². The molecular formula is C24H28N4Si. The molecule has 5 heteroatoms. The Hall–Kier alpha value is -2.68. The fourth-order valence-electron chi connectivity index (χ4n) is 3.59. The minimum absolute atomic E-state index is 0.626. The second-order valence-electron chi connectivity index (χ2n) is 8.74. The molecule has 148 valence electrons. The highest BCUT2D eigenvalue weighted by molar-refractivity contribution is 6.83. The number of rotatable bonds is 3. The van der Waals surface area contributed by atoms with Gasteiger partial charge in [-0.1, -0.05) is 37.7 Å². The van der Waals surface area contributed by atoms with E-state index in [0.29, 0.717) is 11.9 Å². The Kier molecular flexibility index (Phi) is 5.66. The third-order valence-corrected chi connectivity index (χ3v) is 5.99. The first kappa shape index (κ1) is 19.6. The molecular weight excluding hydrogens is 372 g/mol. The predicted molar refractivity (Wildman–Crippen MR) is 124 cm³/mol. The average Bonchev–Trinajstić information content (AvgIpc) is 2.72. The molecule has 1 aliphatic heterocycles. The van der Waals surface area contributed by atoms with Gasteiger partial charge in [0.25, 0.3) is 0 Å². The molecule has 2 aromatic carbocycles. The summed E-state index contributed by atoms with van der Waals surface area (Å²) in [4.78, 5) is 9.21. The number of piperidine rings is 1. The van der Waals surface area contributed by atoms with Crippen molar-refractivity contribution in [2.75, 3.05) is 18.4 Å². The van der Waals surface area contributed by atoms with Gasteiger partial charge < -0.3 is 10.6 Å². The van der Waals surface area contributed by atoms with E-state index in [1.54, 1.807) is 0 Å². The zero-order valence-corrected chi connectivity index (χ0v) is 18.4. The number of nitrogens with zero attached hydrogens (tertiary/aromatic N) is 2. The van der Waals surface area contributed by atoms with Gasteiger partial charge in [0.2, 0.25) is 5.95 Å². The summed E-state index contributed by atoms with van der Waals surface area (Å²) in [5.41, 5.74) is 7.80. The molecule has 2 heterocycles. The van der Waals surface area contributed by atoms with Crippen LogP contribution in [0.25, 0.3) is 10.9 Å². The topological polar surface area (TPSA) is 49.8 Å². The summed E-state index contributed by atoms with van der Waals surface area (Å²) >= 11 is 0. The molecule has 0 amide bonds. The van der Waals surface area contributed by atoms with Gasteiger partial charge in [-0.25, -0.2) is 9.97 Å². The van der Waals surface area contributed by atoms with E-state index in [9.17, 15) is 0 Å². The molecule has 0 atom stereocenters. The van der Waals surface area contributed by atoms with Crippen molar-refractivity contribution < 1.29 is 0 Å². The van der Waals surface area contributed by atoms with Crippen molar-refractivity contribution in [1.82, 2.24) is 15.3 Å². The SMILES string of the molecule is C[Si](C)(C)C#Cc1ccc2nc(Nc3cccc(C4CCNCC4)c3)ncc2c1. The van der Waals surface area contributed by atoms with E-state index in [1.807, 2.05) is 18.3 Å². The number of hydrogen-bond acceptors (Lipinski definition) is 4. The van der Waals surface area contributed by atoms with E-state index in [0.717, 1.165) is 35.2 Å². The quantitative estimate of drug-likeness (QED) is 0.476. The number of hydrogen-bond donors (Lipinski definition) is 2. The van der Waals surface area contributed by atoms with E-state index >= 15 is 0 Å². The van der Waals surface area contributed by atoms with Crippen molar-refractivity contribution in [1.29, 1.82) is 0 Å². The second-order valence-corrected chi connectivity index (χ2v) is 13.5. The maximum absolute atomic E-state index is 4.69. The fraction of sp³-hybridized carbons (Fsp3) is 0.333. The molecule has 0 aliphatic carbocycles. The van der Waals surface area contributed by atoms with Crippen molar-refractivity contribution >= 4 is 30.6 Å². The largest absolute Gasteiger partial charge is 0.324 e. The molecule has 1 aliphatic rings. The second kappa shape index (κ2) is 8.36. The number of fused-ring (bicyclic) bond motifs is 1. The van der Waals surface area contributed by atoms with E-state index in [4.69, 9.17) is 4.98 Å². The van der Waals surface area contributed by atoms with E-state index in [-0.39, 0.29) is 0 Å². The van der Waals surface area contributed by atoms with Crippen LogP contribution in [0.4, 0.5) is 11.6 Å². The Morgan fingerprint density at radius 3 is 2.69 bits per heavy atom. The molecule has 0 saturated carbocycles. The van der Waals surface area contributed by atoms with Gasteiger partial charge in [-0.2, -0.15) is 0 Å². The molecule has 0 bridgehead atoms. The third kappa shape index (κ3) is 5.23. The molecule has 0 unspecified atom stereocenters. The highest BCUT2D eigenvalue weighted by Gasteiger charge is 2.15. The van der Waals surface area contributed by atoms with Gasteiger partial charge >= 0.3 is 0 Å². The van der Waals surface area contributed by atoms with E-state index < -0.39 is 8.07 Å². The first-order chi connectivity index (χ1) is 14.0. The summed E-state index contributed by atoms with van der Waals surface area (Å²) in [6.07, 6.45) is 4.26. The fourth-order valence-corrected chi connectivity index (χ4v) is 4.11. The van der Waals surface area contributed by atoms with Gasteiger partial charge in [-0.15, -0.1) is 5.54 Å². The van der Waals surface area contributed by atoms with Gasteiger partial charge in [-0.05, 0) is 67.7 Å². The van der Waals surface area contributed by atoms with Crippen molar-refractivity contribution in [3.05, 3.63) is 59.8 Å². The molecule has 3 aromatic rings. The summed E-state index contributed by atoms with van der Waals surface area (Å²) in [7, 11) is -1.38. The lowest BCUT2D eigenvalue weighted by molar-refractivity contribution is 0.460. The monoisotopic (exact) mass is 400 g/mol. The van der Waals surface area contributed by atoms with Gasteiger partial charge in [0.1, 0.15) is 8.07 Å². The summed E-state index contributed by atoms with van der Waals surface area (Å²) in [6, 6.07) is 14.8. The van der Waals surface area contributed by atoms with Gasteiger partial charge in [0, 0.05) is 22.8 Å². The lowest BCUT2D eigenvalue weighted by Crippen LogP contribution is -2.26. The maximum Gasteiger partial charge on any atom is 0.227 e. The summed E-state index contributed by atoms with van der Waals surface area (Å²) in [6.45, 7) is 8.95. The standard InChI is InChI=1S/C24H28N4Si/c1-29(2,3)14-11-18-7-8-23-21(15-18)17-26-24(28-23)27-22-6-4-5-20(16-22)19-9-12-25-13-10-19/h4-8,15-17,19,25H,9-10,12-13H2,1-3H3,(H,26,27,28). The van der Waals surface area contributed by atoms with Gasteiger partial charge in [-0.3, -0.25) is 0 Å². The third-order valence-electron chi connectivity index (χ3n) is 5.11. The Bertz CT molecular complexity index is 1070. The molecule has 4 nitrogen and oxygen atoms in total. The summed E-state index contributed by atoms with van der Waals surface area (Å²) in [5.74, 6) is 4.56. The van der Waals surface area contributed by atoms with Crippen LogP contribution in [0, 0.1) is 11.5 Å². The minimum Gasteiger partial charge on any atom is -0.324 e. The van der Waals surface area contributed by atoms with Gasteiger partial charge in [0.05, 0.1) is 5.52 Å². The van der Waals surface area contributed by atoms with Gasteiger partial charge in [0.15, 0.2) is 0 Å². The first-order valence-corrected chi connectivity index (χ1v) is 13.8. The maximum atomic E-state index is 4.69. The van der Waals surface area contributed by atoms with Crippen molar-refractivity contribution in [2.24, 2.45) is 0 Å². The van der Waals surface area contributed by atoms with Crippen LogP contribution >= 0.6 is 0 Å². The highest BCUT2D eigenvalue weighted by atomic mass is 28.3. The normalized spacial score (nSPS) is 15.0. The van der Waals surface area contributed by atoms with Crippen LogP contribution in [0.2, 0.25) is 19.6 Å². The Balaban J connectivity index is 1.53. The molecule has 0 spiro atoms. The van der Waals surface area contributed by atoms with Crippen LogP contribution in [-0.4, -0.2) is 31.1 Å². The molecule has 0 radical (unpaired) electrons. The summed E-state index contributed by atoms with van der Waals surface area (Å²) in [5, 5.41) is 7.82. The molecule has 1 saturated heterocycles. The highest BCUT2D eigenvalue weighted by Crippen LogP contribution is 2.28. The Labute approximate surface area is 174 Å². The lowest BCUT2D eigenvalue weighted by atomic mass is 9.90. The molecule has 2 N–H and O–H groups in total.